The van der Waals surface area contributed by atoms with Crippen LogP contribution in [-0.2, 0) is 11.2 Å². The summed E-state index contributed by atoms with van der Waals surface area (Å²) in [6.45, 7) is 4.62. The maximum Gasteiger partial charge on any atom is 0.228 e. The van der Waals surface area contributed by atoms with Gasteiger partial charge in [0.25, 0.3) is 0 Å². The first-order valence-electron chi connectivity index (χ1n) is 8.66. The van der Waals surface area contributed by atoms with Crippen molar-refractivity contribution >= 4 is 17.7 Å². The van der Waals surface area contributed by atoms with Crippen LogP contribution >= 0.6 is 11.8 Å². The third-order valence-electron chi connectivity index (χ3n) is 5.70. The number of ether oxygens (including phenoxy) is 1. The van der Waals surface area contributed by atoms with Crippen LogP contribution in [0.3, 0.4) is 0 Å². The summed E-state index contributed by atoms with van der Waals surface area (Å²) in [6.07, 6.45) is 6.61. The summed E-state index contributed by atoms with van der Waals surface area (Å²) in [5, 5.41) is 0. The number of hydrogen-bond donors (Lipinski definition) is 0. The van der Waals surface area contributed by atoms with Crippen LogP contribution in [0.2, 0.25) is 0 Å². The number of hydrogen-bond acceptors (Lipinski definition) is 3. The molecule has 4 heteroatoms. The Hall–Kier alpha value is -1.16. The van der Waals surface area contributed by atoms with Gasteiger partial charge in [-0.2, -0.15) is 0 Å². The molecule has 3 nitrogen and oxygen atoms in total. The molecule has 1 aromatic carbocycles. The van der Waals surface area contributed by atoms with Crippen LogP contribution < -0.4 is 4.74 Å². The molecule has 0 radical (unpaired) electrons. The van der Waals surface area contributed by atoms with Crippen LogP contribution in [0.25, 0.3) is 0 Å². The molecular weight excluding hydrogens is 306 g/mol. The van der Waals surface area contributed by atoms with Crippen molar-refractivity contribution < 1.29 is 9.53 Å². The van der Waals surface area contributed by atoms with E-state index < -0.39 is 0 Å². The van der Waals surface area contributed by atoms with Crippen LogP contribution in [0.5, 0.6) is 5.75 Å². The van der Waals surface area contributed by atoms with E-state index in [1.54, 1.807) is 7.11 Å². The molecule has 23 heavy (non-hydrogen) atoms. The quantitative estimate of drug-likeness (QED) is 0.768. The normalized spacial score (nSPS) is 27.7. The molecule has 1 aromatic rings. The molecule has 0 aromatic heterocycles. The molecule has 1 saturated heterocycles. The first-order valence-corrected chi connectivity index (χ1v) is 9.48. The fourth-order valence-corrected chi connectivity index (χ4v) is 6.97. The zero-order chi connectivity index (χ0) is 16.2. The van der Waals surface area contributed by atoms with Crippen molar-refractivity contribution in [1.82, 2.24) is 4.90 Å². The number of amides is 1. The molecule has 1 aliphatic carbocycles. The Morgan fingerprint density at radius 3 is 2.65 bits per heavy atom. The van der Waals surface area contributed by atoms with Gasteiger partial charge in [0.2, 0.25) is 5.91 Å². The molecule has 0 bridgehead atoms. The van der Waals surface area contributed by atoms with Gasteiger partial charge in [-0.3, -0.25) is 4.79 Å². The summed E-state index contributed by atoms with van der Waals surface area (Å²) in [5.74, 6) is 1.15. The van der Waals surface area contributed by atoms with Crippen molar-refractivity contribution in [1.29, 1.82) is 0 Å². The fourth-order valence-electron chi connectivity index (χ4n) is 4.85. The lowest BCUT2D eigenvalue weighted by atomic mass is 9.82. The van der Waals surface area contributed by atoms with Gasteiger partial charge in [-0.05, 0) is 49.9 Å². The van der Waals surface area contributed by atoms with Crippen molar-refractivity contribution in [2.24, 2.45) is 0 Å². The summed E-state index contributed by atoms with van der Waals surface area (Å²) in [7, 11) is 1.69. The average Bonchev–Trinajstić information content (AvgIpc) is 2.75. The molecule has 124 valence electrons. The van der Waals surface area contributed by atoms with Crippen LogP contribution in [-0.4, -0.2) is 27.5 Å². The highest BCUT2D eigenvalue weighted by molar-refractivity contribution is 8.02. The van der Waals surface area contributed by atoms with Crippen molar-refractivity contribution in [3.8, 4) is 5.75 Å². The van der Waals surface area contributed by atoms with Gasteiger partial charge in [0.05, 0.1) is 24.4 Å². The molecule has 2 heterocycles. The van der Waals surface area contributed by atoms with Gasteiger partial charge in [0.1, 0.15) is 5.75 Å². The van der Waals surface area contributed by atoms with Gasteiger partial charge >= 0.3 is 0 Å². The van der Waals surface area contributed by atoms with E-state index in [-0.39, 0.29) is 15.7 Å². The van der Waals surface area contributed by atoms with Gasteiger partial charge in [-0.15, -0.1) is 11.8 Å². The lowest BCUT2D eigenvalue weighted by Crippen LogP contribution is -2.51. The predicted molar refractivity (Wildman–Crippen MR) is 93.8 cm³/mol. The first kappa shape index (κ1) is 15.4. The zero-order valence-electron chi connectivity index (χ0n) is 14.2. The van der Waals surface area contributed by atoms with Gasteiger partial charge in [0.15, 0.2) is 0 Å². The standard InChI is InChI=1S/C19H25NO2S/c1-18(2)17-15-8-7-14(22-3)11-13(15)12-16(21)20(17)19(23-18)9-5-4-6-10-19/h7-8,11,17H,4-6,9-10,12H2,1-3H3/t17-/m1/s1. The minimum Gasteiger partial charge on any atom is -0.497 e. The lowest BCUT2D eigenvalue weighted by Gasteiger charge is -2.45. The third-order valence-corrected chi connectivity index (χ3v) is 7.43. The number of carbonyl (C=O) groups excluding carboxylic acids is 1. The molecule has 1 amide bonds. The SMILES string of the molecule is COc1ccc2c(c1)CC(=O)N1[C@H]2C(C)(C)SC12CCCCC2. The highest BCUT2D eigenvalue weighted by atomic mass is 32.2. The molecule has 1 spiro atoms. The zero-order valence-corrected chi connectivity index (χ0v) is 15.0. The Kier molecular flexibility index (Phi) is 3.45. The highest BCUT2D eigenvalue weighted by Crippen LogP contribution is 2.63. The number of fused-ring (bicyclic) bond motifs is 4. The van der Waals surface area contributed by atoms with E-state index in [1.807, 2.05) is 17.8 Å². The van der Waals surface area contributed by atoms with Crippen LogP contribution in [0.4, 0.5) is 0 Å². The molecular formula is C19H25NO2S. The third kappa shape index (κ3) is 2.21. The Bertz CT molecular complexity index is 649. The minimum atomic E-state index is 0.0289. The number of carbonyl (C=O) groups is 1. The van der Waals surface area contributed by atoms with E-state index in [2.05, 4.69) is 30.9 Å². The van der Waals surface area contributed by atoms with Gasteiger partial charge in [-0.1, -0.05) is 25.3 Å². The van der Waals surface area contributed by atoms with E-state index in [0.717, 1.165) is 24.2 Å². The highest BCUT2D eigenvalue weighted by Gasteiger charge is 2.60. The molecule has 0 unspecified atom stereocenters. The van der Waals surface area contributed by atoms with Crippen molar-refractivity contribution in [2.75, 3.05) is 7.11 Å². The van der Waals surface area contributed by atoms with Gasteiger partial charge in [0, 0.05) is 4.75 Å². The summed E-state index contributed by atoms with van der Waals surface area (Å²) in [4.78, 5) is 15.4. The Balaban J connectivity index is 1.83. The van der Waals surface area contributed by atoms with E-state index in [1.165, 1.54) is 24.8 Å². The topological polar surface area (TPSA) is 29.5 Å². The predicted octanol–water partition coefficient (Wildman–Crippen LogP) is 4.31. The molecule has 2 fully saturated rings. The number of rotatable bonds is 1. The largest absolute Gasteiger partial charge is 0.497 e. The maximum absolute atomic E-state index is 13.1. The summed E-state index contributed by atoms with van der Waals surface area (Å²) in [6, 6.07) is 6.46. The molecule has 2 aliphatic heterocycles. The number of nitrogens with zero attached hydrogens (tertiary/aromatic N) is 1. The van der Waals surface area contributed by atoms with E-state index in [0.29, 0.717) is 12.3 Å². The van der Waals surface area contributed by atoms with Gasteiger partial charge in [-0.25, -0.2) is 0 Å². The van der Waals surface area contributed by atoms with Crippen LogP contribution in [0.15, 0.2) is 18.2 Å². The molecule has 0 N–H and O–H groups in total. The average molecular weight is 331 g/mol. The van der Waals surface area contributed by atoms with Gasteiger partial charge < -0.3 is 9.64 Å². The molecule has 3 aliphatic rings. The smallest absolute Gasteiger partial charge is 0.228 e. The minimum absolute atomic E-state index is 0.0289. The van der Waals surface area contributed by atoms with Crippen LogP contribution in [0, 0.1) is 0 Å². The first-order chi connectivity index (χ1) is 11.0. The summed E-state index contributed by atoms with van der Waals surface area (Å²) < 4.78 is 5.41. The van der Waals surface area contributed by atoms with E-state index >= 15 is 0 Å². The van der Waals surface area contributed by atoms with Crippen molar-refractivity contribution in [3.05, 3.63) is 29.3 Å². The second kappa shape index (κ2) is 5.17. The summed E-state index contributed by atoms with van der Waals surface area (Å²) >= 11 is 2.05. The maximum atomic E-state index is 13.1. The lowest BCUT2D eigenvalue weighted by molar-refractivity contribution is -0.138. The van der Waals surface area contributed by atoms with E-state index in [4.69, 9.17) is 4.74 Å². The molecule has 1 saturated carbocycles. The second-order valence-corrected chi connectivity index (χ2v) is 9.64. The Labute approximate surface area is 142 Å². The molecule has 4 rings (SSSR count). The number of thioether (sulfide) groups is 1. The summed E-state index contributed by atoms with van der Waals surface area (Å²) in [5.41, 5.74) is 2.47. The number of benzene rings is 1. The monoisotopic (exact) mass is 331 g/mol. The van der Waals surface area contributed by atoms with Crippen molar-refractivity contribution in [3.63, 3.8) is 0 Å². The Morgan fingerprint density at radius 1 is 1.22 bits per heavy atom. The second-order valence-electron chi connectivity index (χ2n) is 7.62. The van der Waals surface area contributed by atoms with E-state index in [9.17, 15) is 4.79 Å². The number of methoxy groups -OCH3 is 1. The van der Waals surface area contributed by atoms with Crippen LogP contribution in [0.1, 0.15) is 63.1 Å². The molecule has 1 atom stereocenters. The van der Waals surface area contributed by atoms with Crippen molar-refractivity contribution in [2.45, 2.75) is 68.0 Å². The Morgan fingerprint density at radius 2 is 1.96 bits per heavy atom. The fraction of sp³-hybridized carbons (Fsp3) is 0.632.